The van der Waals surface area contributed by atoms with E-state index in [-0.39, 0.29) is 6.10 Å². The molecule has 0 bridgehead atoms. The molecular formula is C35H49Cl2N3ORu. The van der Waals surface area contributed by atoms with E-state index in [1.165, 1.54) is 50.4 Å². The van der Waals surface area contributed by atoms with Gasteiger partial charge in [0.25, 0.3) is 0 Å². The molecule has 42 heavy (non-hydrogen) atoms. The average molecular weight is 700 g/mol. The van der Waals surface area contributed by atoms with Crippen LogP contribution >= 0.6 is 19.4 Å². The van der Waals surface area contributed by atoms with Crippen LogP contribution in [-0.2, 0) is 13.5 Å². The van der Waals surface area contributed by atoms with Crippen molar-refractivity contribution in [2.24, 2.45) is 0 Å². The molecule has 0 aromatic heterocycles. The van der Waals surface area contributed by atoms with Gasteiger partial charge in [-0.25, -0.2) is 0 Å². The van der Waals surface area contributed by atoms with Crippen molar-refractivity contribution in [2.75, 3.05) is 43.5 Å². The summed E-state index contributed by atoms with van der Waals surface area (Å²) in [4.78, 5) is 4.81. The van der Waals surface area contributed by atoms with Crippen LogP contribution in [-0.4, -0.2) is 44.4 Å². The maximum Gasteiger partial charge on any atom is 0.0146 e. The zero-order valence-electron chi connectivity index (χ0n) is 27.3. The Morgan fingerprint density at radius 2 is 1.29 bits per heavy atom. The molecule has 0 saturated carbocycles. The van der Waals surface area contributed by atoms with E-state index in [2.05, 4.69) is 121 Å². The van der Waals surface area contributed by atoms with Crippen LogP contribution in [0.1, 0.15) is 59.7 Å². The first kappa shape index (κ1) is 34.6. The summed E-state index contributed by atoms with van der Waals surface area (Å²) in [6, 6.07) is 15.4. The number of hydrogen-bond acceptors (Lipinski definition) is 3. The first-order valence-electron chi connectivity index (χ1n) is 14.6. The number of aryl methyl sites for hydroxylation is 6. The van der Waals surface area contributed by atoms with Gasteiger partial charge in [0, 0.05) is 24.5 Å². The Morgan fingerprint density at radius 3 is 1.67 bits per heavy atom. The molecule has 0 radical (unpaired) electrons. The molecule has 7 heteroatoms. The summed E-state index contributed by atoms with van der Waals surface area (Å²) in [5.41, 5.74) is 13.1. The van der Waals surface area contributed by atoms with Crippen LogP contribution in [0.15, 0.2) is 42.5 Å². The third-order valence-electron chi connectivity index (χ3n) is 7.74. The molecule has 1 heterocycles. The second-order valence-electron chi connectivity index (χ2n) is 12.2. The molecule has 0 atom stereocenters. The second kappa shape index (κ2) is 14.7. The van der Waals surface area contributed by atoms with Crippen molar-refractivity contribution in [1.82, 2.24) is 4.48 Å². The quantitative estimate of drug-likeness (QED) is 0.139. The Balaban J connectivity index is 0.000000236. The zero-order valence-corrected chi connectivity index (χ0v) is 30.5. The Kier molecular flexibility index (Phi) is 12.1. The fourth-order valence-corrected chi connectivity index (χ4v) is 7.50. The number of ether oxygens (including phenoxy) is 1. The predicted molar refractivity (Wildman–Crippen MR) is 184 cm³/mol. The number of anilines is 2. The van der Waals surface area contributed by atoms with Gasteiger partial charge in [0.05, 0.1) is 0 Å². The monoisotopic (exact) mass is 699 g/mol. The van der Waals surface area contributed by atoms with E-state index in [0.717, 1.165) is 35.4 Å². The molecule has 4 nitrogen and oxygen atoms in total. The summed E-state index contributed by atoms with van der Waals surface area (Å²) in [5, 5.41) is 0. The van der Waals surface area contributed by atoms with Crippen molar-refractivity contribution < 1.29 is 18.3 Å². The summed E-state index contributed by atoms with van der Waals surface area (Å²) in [7, 11) is 16.3. The number of nitrogens with zero attached hydrogens (tertiary/aromatic N) is 3. The largest absolute Gasteiger partial charge is 0.502 e. The maximum atomic E-state index is 5.97. The Labute approximate surface area is 268 Å². The maximum absolute atomic E-state index is 5.97. The molecular weight excluding hydrogens is 650 g/mol. The van der Waals surface area contributed by atoms with Crippen LogP contribution in [0.5, 0.6) is 5.75 Å². The van der Waals surface area contributed by atoms with Crippen LogP contribution in [0, 0.1) is 48.2 Å². The molecule has 1 fully saturated rings. The van der Waals surface area contributed by atoms with Gasteiger partial charge in [-0.1, -0.05) is 35.4 Å². The third-order valence-corrected chi connectivity index (χ3v) is 9.57. The van der Waals surface area contributed by atoms with Gasteiger partial charge in [-0.2, -0.15) is 6.67 Å². The van der Waals surface area contributed by atoms with Gasteiger partial charge in [-0.05, 0) is 63.8 Å². The number of quaternary nitrogens is 1. The van der Waals surface area contributed by atoms with Crippen molar-refractivity contribution in [1.29, 1.82) is 0 Å². The van der Waals surface area contributed by atoms with Gasteiger partial charge in [-0.3, -0.25) is 0 Å². The van der Waals surface area contributed by atoms with E-state index in [1.807, 2.05) is 18.5 Å². The van der Waals surface area contributed by atoms with Crippen LogP contribution in [0.25, 0.3) is 0 Å². The van der Waals surface area contributed by atoms with E-state index in [9.17, 15) is 0 Å². The molecule has 0 aliphatic carbocycles. The minimum atomic E-state index is -1.84. The Morgan fingerprint density at radius 1 is 0.833 bits per heavy atom. The number of halogens is 2. The van der Waals surface area contributed by atoms with Gasteiger partial charge in [0.1, 0.15) is 0 Å². The third kappa shape index (κ3) is 8.82. The summed E-state index contributed by atoms with van der Waals surface area (Å²) in [5.74, 6) is 0.868. The van der Waals surface area contributed by atoms with E-state index in [4.69, 9.17) is 24.1 Å². The summed E-state index contributed by atoms with van der Waals surface area (Å²) >= 11 is -1.84. The summed E-state index contributed by atoms with van der Waals surface area (Å²) in [6.07, 6.45) is 0.130. The fraction of sp³-hybridized carbons (Fsp3) is 0.429. The fourth-order valence-electron chi connectivity index (χ4n) is 5.69. The molecule has 1 aliphatic rings. The SMILES string of the molecule is CC[N+](C)(C)c1ccc([CH]=[Ru]([Cl])[Cl])c(OC(C)C)c1.Cc1cc(C)c(N2[CH-]N(c3c(C)cc(C)cc3C)CC2)c(C)c1. The molecule has 0 amide bonds. The van der Waals surface area contributed by atoms with E-state index >= 15 is 0 Å². The van der Waals surface area contributed by atoms with Crippen molar-refractivity contribution in [3.63, 3.8) is 0 Å². The van der Waals surface area contributed by atoms with E-state index in [1.54, 1.807) is 0 Å². The normalized spacial score (nSPS) is 13.7. The van der Waals surface area contributed by atoms with Crippen LogP contribution < -0.4 is 19.0 Å². The molecule has 0 spiro atoms. The van der Waals surface area contributed by atoms with Crippen LogP contribution in [0.2, 0.25) is 0 Å². The van der Waals surface area contributed by atoms with Gasteiger partial charge in [-0.15, -0.1) is 0 Å². The van der Waals surface area contributed by atoms with Crippen LogP contribution in [0.4, 0.5) is 17.1 Å². The number of hydrogen-bond donors (Lipinski definition) is 0. The zero-order chi connectivity index (χ0) is 31.4. The standard InChI is InChI=1S/C21H27N2.C14H22NO.2ClH.Ru/c1-14-9-16(3)20(17(4)10-14)22-7-8-23(13-22)21-18(5)11-15(2)12-19(21)6;1-7-15(5,6)13-9-8-12(4)14(10-13)16-11(2)3;;;/h9-13H,7-8H2,1-6H3;4,8-11H,7H2,1-3,5-6H3;2*1H;/q-1;+1;;;+2/p-2. The molecule has 0 unspecified atom stereocenters. The first-order valence-corrected chi connectivity index (χ1v) is 20.1. The smallest absolute Gasteiger partial charge is 0.0146 e. The minimum absolute atomic E-state index is 0.130. The van der Waals surface area contributed by atoms with Gasteiger partial charge >= 0.3 is 129 Å². The second-order valence-corrected chi connectivity index (χ2v) is 17.9. The van der Waals surface area contributed by atoms with Crippen molar-refractivity contribution in [3.8, 4) is 5.75 Å². The molecule has 1 aliphatic heterocycles. The summed E-state index contributed by atoms with van der Waals surface area (Å²) in [6.45, 7) is 24.8. The van der Waals surface area contributed by atoms with Gasteiger partial charge < -0.3 is 9.80 Å². The number of rotatable bonds is 7. The Bertz CT molecular complexity index is 1320. The number of benzene rings is 3. The Hall–Kier alpha value is -1.91. The molecule has 3 aromatic carbocycles. The molecule has 3 aromatic rings. The summed E-state index contributed by atoms with van der Waals surface area (Å²) < 4.78 is 8.64. The van der Waals surface area contributed by atoms with E-state index < -0.39 is 13.5 Å². The van der Waals surface area contributed by atoms with Crippen molar-refractivity contribution in [2.45, 2.75) is 68.4 Å². The van der Waals surface area contributed by atoms with Crippen molar-refractivity contribution >= 4 is 41.1 Å². The molecule has 232 valence electrons. The van der Waals surface area contributed by atoms with Gasteiger partial charge in [0.2, 0.25) is 0 Å². The minimum Gasteiger partial charge on any atom is -0.502 e. The average Bonchev–Trinajstić information content (AvgIpc) is 3.32. The topological polar surface area (TPSA) is 15.7 Å². The molecule has 4 rings (SSSR count). The first-order chi connectivity index (χ1) is 19.6. The molecule has 0 N–H and O–H groups in total. The van der Waals surface area contributed by atoms with E-state index in [0.29, 0.717) is 0 Å². The predicted octanol–water partition coefficient (Wildman–Crippen LogP) is 9.12. The van der Waals surface area contributed by atoms with Gasteiger partial charge in [0.15, 0.2) is 0 Å². The van der Waals surface area contributed by atoms with Crippen molar-refractivity contribution in [3.05, 3.63) is 88.1 Å². The van der Waals surface area contributed by atoms with Crippen LogP contribution in [0.3, 0.4) is 0 Å². The molecule has 1 saturated heterocycles.